The summed E-state index contributed by atoms with van der Waals surface area (Å²) in [6.45, 7) is 1.64. The van der Waals surface area contributed by atoms with Gasteiger partial charge >= 0.3 is 0 Å². The Morgan fingerprint density at radius 2 is 1.78 bits per heavy atom. The van der Waals surface area contributed by atoms with E-state index in [4.69, 9.17) is 4.74 Å². The van der Waals surface area contributed by atoms with Crippen molar-refractivity contribution < 1.29 is 9.53 Å². The van der Waals surface area contributed by atoms with E-state index in [9.17, 15) is 4.79 Å². The first-order chi connectivity index (χ1) is 11.3. The summed E-state index contributed by atoms with van der Waals surface area (Å²) in [6.07, 6.45) is 8.98. The van der Waals surface area contributed by atoms with E-state index in [2.05, 4.69) is 22.8 Å². The number of hydrogen-bond donors (Lipinski definition) is 2. The van der Waals surface area contributed by atoms with Crippen molar-refractivity contribution in [2.75, 3.05) is 20.2 Å². The predicted octanol–water partition coefficient (Wildman–Crippen LogP) is 3.06. The number of benzene rings is 1. The molecule has 0 saturated heterocycles. The van der Waals surface area contributed by atoms with Crippen LogP contribution in [0.1, 0.15) is 50.5 Å². The first kappa shape index (κ1) is 17.8. The molecule has 0 atom stereocenters. The fourth-order valence-electron chi connectivity index (χ4n) is 3.08. The third-order valence-electron chi connectivity index (χ3n) is 4.50. The topological polar surface area (TPSA) is 50.4 Å². The van der Waals surface area contributed by atoms with Gasteiger partial charge in [0.1, 0.15) is 5.75 Å². The van der Waals surface area contributed by atoms with Crippen LogP contribution < -0.4 is 15.4 Å². The molecule has 1 saturated carbocycles. The molecule has 1 fully saturated rings. The Balaban J connectivity index is 1.54. The Bertz CT molecular complexity index is 451. The van der Waals surface area contributed by atoms with E-state index < -0.39 is 0 Å². The van der Waals surface area contributed by atoms with Crippen molar-refractivity contribution in [1.82, 2.24) is 10.6 Å². The van der Waals surface area contributed by atoms with Crippen LogP contribution in [0.5, 0.6) is 5.75 Å². The number of rotatable bonds is 8. The van der Waals surface area contributed by atoms with E-state index in [0.29, 0.717) is 12.5 Å². The number of methoxy groups -OCH3 is 1. The van der Waals surface area contributed by atoms with Crippen molar-refractivity contribution in [3.8, 4) is 5.75 Å². The minimum atomic E-state index is 0.189. The summed E-state index contributed by atoms with van der Waals surface area (Å²) >= 11 is 0. The number of hydrogen-bond acceptors (Lipinski definition) is 3. The number of ether oxygens (including phenoxy) is 1. The van der Waals surface area contributed by atoms with E-state index in [0.717, 1.165) is 38.1 Å². The van der Waals surface area contributed by atoms with Gasteiger partial charge in [0.15, 0.2) is 0 Å². The van der Waals surface area contributed by atoms with Gasteiger partial charge in [0, 0.05) is 19.0 Å². The summed E-state index contributed by atoms with van der Waals surface area (Å²) in [7, 11) is 1.68. The summed E-state index contributed by atoms with van der Waals surface area (Å²) in [6, 6.07) is 8.54. The third-order valence-corrected chi connectivity index (χ3v) is 4.50. The molecule has 4 nitrogen and oxygen atoms in total. The van der Waals surface area contributed by atoms with Crippen molar-refractivity contribution in [1.29, 1.82) is 0 Å². The van der Waals surface area contributed by atoms with E-state index in [1.807, 2.05) is 12.1 Å². The van der Waals surface area contributed by atoms with Crippen LogP contribution >= 0.6 is 0 Å². The molecule has 2 N–H and O–H groups in total. The van der Waals surface area contributed by atoms with Gasteiger partial charge in [-0.2, -0.15) is 0 Å². The molecule has 4 heteroatoms. The maximum Gasteiger partial charge on any atom is 0.221 e. The Morgan fingerprint density at radius 1 is 1.09 bits per heavy atom. The van der Waals surface area contributed by atoms with Crippen molar-refractivity contribution in [3.63, 3.8) is 0 Å². The number of amides is 1. The van der Waals surface area contributed by atoms with E-state index in [1.54, 1.807) is 7.11 Å². The molecule has 0 aromatic heterocycles. The molecule has 0 radical (unpaired) electrons. The second kappa shape index (κ2) is 10.3. The van der Waals surface area contributed by atoms with Crippen molar-refractivity contribution >= 4 is 5.91 Å². The maximum absolute atomic E-state index is 12.0. The van der Waals surface area contributed by atoms with Crippen LogP contribution in [-0.4, -0.2) is 32.1 Å². The highest BCUT2D eigenvalue weighted by atomic mass is 16.5. The molecule has 0 spiro atoms. The highest BCUT2D eigenvalue weighted by Crippen LogP contribution is 2.17. The lowest BCUT2D eigenvalue weighted by Gasteiger charge is -2.16. The largest absolute Gasteiger partial charge is 0.497 e. The van der Waals surface area contributed by atoms with Gasteiger partial charge in [0.2, 0.25) is 5.91 Å². The second-order valence-corrected chi connectivity index (χ2v) is 6.35. The van der Waals surface area contributed by atoms with Crippen LogP contribution in [0.2, 0.25) is 0 Å². The van der Waals surface area contributed by atoms with Gasteiger partial charge in [0.05, 0.1) is 7.11 Å². The normalized spacial score (nSPS) is 15.9. The molecule has 0 aliphatic heterocycles. The zero-order chi connectivity index (χ0) is 16.3. The molecule has 23 heavy (non-hydrogen) atoms. The van der Waals surface area contributed by atoms with E-state index in [-0.39, 0.29) is 5.91 Å². The Labute approximate surface area is 140 Å². The van der Waals surface area contributed by atoms with Gasteiger partial charge < -0.3 is 15.4 Å². The Kier molecular flexibility index (Phi) is 7.95. The molecule has 1 aromatic carbocycles. The fraction of sp³-hybridized carbons (Fsp3) is 0.632. The molecule has 1 aliphatic carbocycles. The molecule has 1 aromatic rings. The number of carbonyl (C=O) groups is 1. The van der Waals surface area contributed by atoms with Gasteiger partial charge in [-0.05, 0) is 43.5 Å². The van der Waals surface area contributed by atoms with Crippen LogP contribution in [0.15, 0.2) is 24.3 Å². The second-order valence-electron chi connectivity index (χ2n) is 6.35. The molecular formula is C19H30N2O2. The van der Waals surface area contributed by atoms with Crippen molar-refractivity contribution in [2.24, 2.45) is 0 Å². The fourth-order valence-corrected chi connectivity index (χ4v) is 3.08. The third kappa shape index (κ3) is 7.04. The monoisotopic (exact) mass is 318 g/mol. The highest BCUT2D eigenvalue weighted by molar-refractivity contribution is 5.76. The predicted molar refractivity (Wildman–Crippen MR) is 93.8 cm³/mol. The molecule has 0 heterocycles. The summed E-state index contributed by atoms with van der Waals surface area (Å²) in [5.74, 6) is 1.07. The highest BCUT2D eigenvalue weighted by Gasteiger charge is 2.14. The standard InChI is InChI=1S/C19H30N2O2/c1-23-18-10-8-16(9-11-18)12-14-20-15-13-19(22)21-17-6-4-2-3-5-7-17/h8-11,17,20H,2-7,12-15H2,1H3,(H,21,22). The first-order valence-corrected chi connectivity index (χ1v) is 8.91. The first-order valence-electron chi connectivity index (χ1n) is 8.91. The molecular weight excluding hydrogens is 288 g/mol. The Hall–Kier alpha value is -1.55. The summed E-state index contributed by atoms with van der Waals surface area (Å²) in [5.41, 5.74) is 1.28. The quantitative estimate of drug-likeness (QED) is 0.572. The molecule has 1 aliphatic rings. The maximum atomic E-state index is 12.0. The van der Waals surface area contributed by atoms with Gasteiger partial charge in [-0.1, -0.05) is 37.8 Å². The smallest absolute Gasteiger partial charge is 0.221 e. The lowest BCUT2D eigenvalue weighted by atomic mass is 10.1. The SMILES string of the molecule is COc1ccc(CCNCCC(=O)NC2CCCCCC2)cc1. The lowest BCUT2D eigenvalue weighted by molar-refractivity contribution is -0.121. The summed E-state index contributed by atoms with van der Waals surface area (Å²) in [5, 5.41) is 6.54. The van der Waals surface area contributed by atoms with Crippen molar-refractivity contribution in [3.05, 3.63) is 29.8 Å². The van der Waals surface area contributed by atoms with Crippen LogP contribution in [0.3, 0.4) is 0 Å². The van der Waals surface area contributed by atoms with Crippen LogP contribution in [-0.2, 0) is 11.2 Å². The van der Waals surface area contributed by atoms with E-state index >= 15 is 0 Å². The number of carbonyl (C=O) groups excluding carboxylic acids is 1. The average Bonchev–Trinajstić information content (AvgIpc) is 2.84. The molecule has 0 unspecified atom stereocenters. The van der Waals surface area contributed by atoms with Crippen LogP contribution in [0.25, 0.3) is 0 Å². The van der Waals surface area contributed by atoms with E-state index in [1.165, 1.54) is 31.2 Å². The van der Waals surface area contributed by atoms with Gasteiger partial charge in [0.25, 0.3) is 0 Å². The minimum Gasteiger partial charge on any atom is -0.497 e. The zero-order valence-corrected chi connectivity index (χ0v) is 14.3. The number of nitrogens with one attached hydrogen (secondary N) is 2. The molecule has 128 valence electrons. The lowest BCUT2D eigenvalue weighted by Crippen LogP contribution is -2.36. The van der Waals surface area contributed by atoms with Crippen LogP contribution in [0, 0.1) is 0 Å². The summed E-state index contributed by atoms with van der Waals surface area (Å²) in [4.78, 5) is 12.0. The van der Waals surface area contributed by atoms with Crippen LogP contribution in [0.4, 0.5) is 0 Å². The zero-order valence-electron chi connectivity index (χ0n) is 14.3. The van der Waals surface area contributed by atoms with Gasteiger partial charge in [-0.15, -0.1) is 0 Å². The molecule has 1 amide bonds. The molecule has 2 rings (SSSR count). The van der Waals surface area contributed by atoms with Gasteiger partial charge in [-0.3, -0.25) is 4.79 Å². The minimum absolute atomic E-state index is 0.189. The summed E-state index contributed by atoms with van der Waals surface area (Å²) < 4.78 is 5.15. The van der Waals surface area contributed by atoms with Gasteiger partial charge in [-0.25, -0.2) is 0 Å². The molecule has 0 bridgehead atoms. The Morgan fingerprint density at radius 3 is 2.43 bits per heavy atom. The average molecular weight is 318 g/mol. The van der Waals surface area contributed by atoms with Crippen molar-refractivity contribution in [2.45, 2.75) is 57.4 Å².